The Balaban J connectivity index is 2.21. The topological polar surface area (TPSA) is 64.7 Å². The Kier molecular flexibility index (Phi) is 5.18. The summed E-state index contributed by atoms with van der Waals surface area (Å²) in [6.07, 6.45) is 0. The summed E-state index contributed by atoms with van der Waals surface area (Å²) in [5.74, 6) is 1.40. The molecule has 25 heavy (non-hydrogen) atoms. The Morgan fingerprint density at radius 3 is 2.44 bits per heavy atom. The normalized spacial score (nSPS) is 10.8. The van der Waals surface area contributed by atoms with Gasteiger partial charge in [0.1, 0.15) is 5.69 Å². The lowest BCUT2D eigenvalue weighted by Crippen LogP contribution is -1.95. The van der Waals surface area contributed by atoms with Crippen molar-refractivity contribution in [2.24, 2.45) is 0 Å². The van der Waals surface area contributed by atoms with Crippen LogP contribution in [0.15, 0.2) is 40.9 Å². The van der Waals surface area contributed by atoms with Crippen LogP contribution < -0.4 is 9.47 Å². The van der Waals surface area contributed by atoms with Crippen molar-refractivity contribution < 1.29 is 19.1 Å². The van der Waals surface area contributed by atoms with Crippen LogP contribution in [0, 0.1) is 0 Å². The summed E-state index contributed by atoms with van der Waals surface area (Å²) in [6.45, 7) is -0.294. The first-order chi connectivity index (χ1) is 12.1. The zero-order chi connectivity index (χ0) is 18.0. The van der Waals surface area contributed by atoms with Crippen LogP contribution in [-0.4, -0.2) is 24.5 Å². The molecule has 0 spiro atoms. The lowest BCUT2D eigenvalue weighted by Gasteiger charge is -2.11. The number of para-hydroxylation sites is 1. The number of nitrogens with zero attached hydrogens (tertiary/aromatic N) is 1. The summed E-state index contributed by atoms with van der Waals surface area (Å²) in [7, 11) is 3.09. The molecule has 3 rings (SSSR count). The maximum atomic E-state index is 9.91. The lowest BCUT2D eigenvalue weighted by atomic mass is 10.0. The third kappa shape index (κ3) is 3.06. The van der Waals surface area contributed by atoms with Gasteiger partial charge in [0.15, 0.2) is 17.3 Å². The molecular formula is C18H15Cl2NO4. The molecule has 7 heteroatoms. The highest BCUT2D eigenvalue weighted by atomic mass is 35.5. The van der Waals surface area contributed by atoms with Crippen molar-refractivity contribution >= 4 is 23.2 Å². The number of aliphatic hydroxyl groups excluding tert-OH is 1. The monoisotopic (exact) mass is 379 g/mol. The Bertz CT molecular complexity index is 908. The van der Waals surface area contributed by atoms with E-state index in [0.717, 1.165) is 0 Å². The molecule has 130 valence electrons. The number of aliphatic hydroxyl groups is 1. The van der Waals surface area contributed by atoms with Crippen molar-refractivity contribution in [1.29, 1.82) is 0 Å². The van der Waals surface area contributed by atoms with Gasteiger partial charge in [-0.05, 0) is 24.3 Å². The van der Waals surface area contributed by atoms with E-state index in [0.29, 0.717) is 49.7 Å². The number of rotatable bonds is 5. The lowest BCUT2D eigenvalue weighted by molar-refractivity contribution is 0.281. The van der Waals surface area contributed by atoms with Gasteiger partial charge in [-0.3, -0.25) is 0 Å². The van der Waals surface area contributed by atoms with Crippen LogP contribution in [0.5, 0.6) is 11.5 Å². The fourth-order valence-electron chi connectivity index (χ4n) is 2.63. The van der Waals surface area contributed by atoms with Gasteiger partial charge < -0.3 is 19.1 Å². The molecule has 0 aliphatic heterocycles. The quantitative estimate of drug-likeness (QED) is 0.687. The molecule has 0 saturated carbocycles. The Morgan fingerprint density at radius 1 is 1.04 bits per heavy atom. The predicted octanol–water partition coefficient (Wildman–Crippen LogP) is 4.82. The predicted molar refractivity (Wildman–Crippen MR) is 96.4 cm³/mol. The van der Waals surface area contributed by atoms with Gasteiger partial charge in [0.2, 0.25) is 0 Å². The van der Waals surface area contributed by atoms with Crippen molar-refractivity contribution in [3.8, 4) is 34.1 Å². The van der Waals surface area contributed by atoms with E-state index < -0.39 is 0 Å². The highest BCUT2D eigenvalue weighted by Crippen LogP contribution is 2.43. The van der Waals surface area contributed by atoms with Crippen LogP contribution in [0.2, 0.25) is 10.0 Å². The van der Waals surface area contributed by atoms with Crippen molar-refractivity contribution in [3.05, 3.63) is 52.0 Å². The molecule has 2 aromatic carbocycles. The van der Waals surface area contributed by atoms with E-state index >= 15 is 0 Å². The summed E-state index contributed by atoms with van der Waals surface area (Å²) >= 11 is 12.3. The Hall–Kier alpha value is -2.21. The number of benzene rings is 2. The number of hydrogen-bond acceptors (Lipinski definition) is 5. The zero-order valence-corrected chi connectivity index (χ0v) is 15.1. The molecule has 0 aliphatic rings. The molecule has 0 aliphatic carbocycles. The number of ether oxygens (including phenoxy) is 2. The fourth-order valence-corrected chi connectivity index (χ4v) is 3.02. The highest BCUT2D eigenvalue weighted by Gasteiger charge is 2.24. The number of aromatic nitrogens is 1. The van der Waals surface area contributed by atoms with Crippen molar-refractivity contribution in [2.45, 2.75) is 6.61 Å². The molecule has 1 N–H and O–H groups in total. The first kappa shape index (κ1) is 17.6. The minimum absolute atomic E-state index is 0.294. The Labute approximate surface area is 154 Å². The SMILES string of the molecule is COc1cccc(-c2noc(-c3cccc(Cl)c3Cl)c2CO)c1OC. The second kappa shape index (κ2) is 7.35. The van der Waals surface area contributed by atoms with Crippen LogP contribution in [0.25, 0.3) is 22.6 Å². The van der Waals surface area contributed by atoms with Crippen LogP contribution in [-0.2, 0) is 6.61 Å². The van der Waals surface area contributed by atoms with Crippen molar-refractivity contribution in [1.82, 2.24) is 5.16 Å². The van der Waals surface area contributed by atoms with Crippen LogP contribution >= 0.6 is 23.2 Å². The molecular weight excluding hydrogens is 365 g/mol. The number of hydrogen-bond donors (Lipinski definition) is 1. The van der Waals surface area contributed by atoms with Crippen molar-refractivity contribution in [2.75, 3.05) is 14.2 Å². The second-order valence-electron chi connectivity index (χ2n) is 5.14. The maximum Gasteiger partial charge on any atom is 0.174 e. The van der Waals surface area contributed by atoms with Crippen LogP contribution in [0.1, 0.15) is 5.56 Å². The van der Waals surface area contributed by atoms with Crippen LogP contribution in [0.4, 0.5) is 0 Å². The van der Waals surface area contributed by atoms with Gasteiger partial charge in [-0.1, -0.05) is 40.5 Å². The molecule has 1 aromatic heterocycles. The molecule has 0 fully saturated rings. The fraction of sp³-hybridized carbons (Fsp3) is 0.167. The molecule has 0 radical (unpaired) electrons. The number of methoxy groups -OCH3 is 2. The van der Waals surface area contributed by atoms with Gasteiger partial charge >= 0.3 is 0 Å². The summed E-state index contributed by atoms with van der Waals surface area (Å²) in [5.41, 5.74) is 2.12. The van der Waals surface area contributed by atoms with Gasteiger partial charge in [0.25, 0.3) is 0 Å². The smallest absolute Gasteiger partial charge is 0.174 e. The molecule has 0 saturated heterocycles. The van der Waals surface area contributed by atoms with E-state index in [4.69, 9.17) is 37.2 Å². The van der Waals surface area contributed by atoms with E-state index in [1.165, 1.54) is 7.11 Å². The molecule has 1 heterocycles. The zero-order valence-electron chi connectivity index (χ0n) is 13.5. The molecule has 5 nitrogen and oxygen atoms in total. The van der Waals surface area contributed by atoms with E-state index in [2.05, 4.69) is 5.16 Å². The average molecular weight is 380 g/mol. The Morgan fingerprint density at radius 2 is 1.76 bits per heavy atom. The third-order valence-corrected chi connectivity index (χ3v) is 4.62. The average Bonchev–Trinajstić information content (AvgIpc) is 3.06. The summed E-state index contributed by atoms with van der Waals surface area (Å²) in [6, 6.07) is 10.6. The number of halogens is 2. The second-order valence-corrected chi connectivity index (χ2v) is 5.92. The van der Waals surface area contributed by atoms with E-state index in [1.54, 1.807) is 37.4 Å². The minimum Gasteiger partial charge on any atom is -0.493 e. The molecule has 0 amide bonds. The molecule has 0 atom stereocenters. The van der Waals surface area contributed by atoms with Gasteiger partial charge in [-0.15, -0.1) is 0 Å². The third-order valence-electron chi connectivity index (χ3n) is 3.80. The molecule has 0 unspecified atom stereocenters. The summed E-state index contributed by atoms with van der Waals surface area (Å²) in [5, 5.41) is 14.8. The molecule has 3 aromatic rings. The van der Waals surface area contributed by atoms with Gasteiger partial charge in [0, 0.05) is 5.56 Å². The van der Waals surface area contributed by atoms with Crippen LogP contribution in [0.3, 0.4) is 0 Å². The maximum absolute atomic E-state index is 9.91. The molecule has 0 bridgehead atoms. The highest BCUT2D eigenvalue weighted by molar-refractivity contribution is 6.43. The largest absolute Gasteiger partial charge is 0.493 e. The summed E-state index contributed by atoms with van der Waals surface area (Å²) in [4.78, 5) is 0. The minimum atomic E-state index is -0.294. The van der Waals surface area contributed by atoms with Gasteiger partial charge in [-0.2, -0.15) is 0 Å². The standard InChI is InChI=1S/C18H15Cl2NO4/c1-23-14-8-4-6-11(18(14)24-2)16-12(9-22)17(25-21-16)10-5-3-7-13(19)15(10)20/h3-8,22H,9H2,1-2H3. The first-order valence-corrected chi connectivity index (χ1v) is 8.13. The summed E-state index contributed by atoms with van der Waals surface area (Å²) < 4.78 is 16.2. The van der Waals surface area contributed by atoms with Gasteiger partial charge in [0.05, 0.1) is 42.0 Å². The first-order valence-electron chi connectivity index (χ1n) is 7.37. The van der Waals surface area contributed by atoms with E-state index in [9.17, 15) is 5.11 Å². The van der Waals surface area contributed by atoms with E-state index in [1.807, 2.05) is 6.07 Å². The van der Waals surface area contributed by atoms with E-state index in [-0.39, 0.29) is 6.61 Å². The van der Waals surface area contributed by atoms with Crippen molar-refractivity contribution in [3.63, 3.8) is 0 Å². The van der Waals surface area contributed by atoms with Gasteiger partial charge in [-0.25, -0.2) is 0 Å².